The summed E-state index contributed by atoms with van der Waals surface area (Å²) < 4.78 is 26.6. The number of rotatable bonds is 3. The molecule has 1 saturated carbocycles. The molecule has 144 valence electrons. The van der Waals surface area contributed by atoms with Crippen LogP contribution in [0.2, 0.25) is 0 Å². The van der Waals surface area contributed by atoms with Crippen molar-refractivity contribution >= 4 is 11.9 Å². The van der Waals surface area contributed by atoms with Gasteiger partial charge in [-0.1, -0.05) is 12.6 Å². The zero-order valence-electron chi connectivity index (χ0n) is 14.4. The molecule has 9 heteroatoms. The molecule has 27 heavy (non-hydrogen) atoms. The molecule has 0 bridgehead atoms. The second-order valence-corrected chi connectivity index (χ2v) is 6.75. The smallest absolute Gasteiger partial charge is 0.323 e. The summed E-state index contributed by atoms with van der Waals surface area (Å²) in [6.45, 7) is 3.57. The topological polar surface area (TPSA) is 116 Å². The van der Waals surface area contributed by atoms with Gasteiger partial charge in [-0.3, -0.25) is 4.79 Å². The van der Waals surface area contributed by atoms with Crippen LogP contribution in [-0.2, 0) is 10.4 Å². The minimum Gasteiger partial charge on any atom is -0.395 e. The van der Waals surface area contributed by atoms with E-state index < -0.39 is 29.2 Å². The van der Waals surface area contributed by atoms with Crippen LogP contribution in [0.5, 0.6) is 0 Å². The molecule has 0 aromatic heterocycles. The van der Waals surface area contributed by atoms with Crippen LogP contribution in [0.25, 0.3) is 0 Å². The van der Waals surface area contributed by atoms with E-state index in [1.807, 2.05) is 0 Å². The third-order valence-electron chi connectivity index (χ3n) is 4.93. The SMILES string of the molecule is C=C1NC(=O)NC(C(=O)NC2CCC(O)(c3ccc(F)c(F)c3)CC2)=C1N. The highest BCUT2D eigenvalue weighted by Crippen LogP contribution is 2.37. The Hall–Kier alpha value is -2.94. The molecule has 7 nitrogen and oxygen atoms in total. The lowest BCUT2D eigenvalue weighted by Crippen LogP contribution is -2.49. The van der Waals surface area contributed by atoms with Crippen molar-refractivity contribution in [2.75, 3.05) is 0 Å². The van der Waals surface area contributed by atoms with Gasteiger partial charge in [0, 0.05) is 6.04 Å². The standard InChI is InChI=1S/C18H20F2N4O3/c1-9-14(21)15(24-17(26)22-9)16(25)23-11-4-6-18(27,7-5-11)10-2-3-12(19)13(20)8-10/h2-3,8,11,27H,1,4-7,21H2,(H,23,25)(H2,22,24,26). The first-order valence-electron chi connectivity index (χ1n) is 8.45. The van der Waals surface area contributed by atoms with E-state index in [2.05, 4.69) is 22.5 Å². The average Bonchev–Trinajstić information content (AvgIpc) is 2.62. The predicted molar refractivity (Wildman–Crippen MR) is 92.7 cm³/mol. The summed E-state index contributed by atoms with van der Waals surface area (Å²) in [5.74, 6) is -2.54. The van der Waals surface area contributed by atoms with Gasteiger partial charge in [-0.05, 0) is 43.4 Å². The maximum atomic E-state index is 13.5. The van der Waals surface area contributed by atoms with Crippen LogP contribution in [0.4, 0.5) is 13.6 Å². The van der Waals surface area contributed by atoms with Gasteiger partial charge in [0.05, 0.1) is 17.0 Å². The highest BCUT2D eigenvalue weighted by atomic mass is 19.2. The van der Waals surface area contributed by atoms with Gasteiger partial charge < -0.3 is 26.8 Å². The van der Waals surface area contributed by atoms with Crippen LogP contribution in [0, 0.1) is 11.6 Å². The molecule has 3 amide bonds. The zero-order valence-corrected chi connectivity index (χ0v) is 14.4. The Kier molecular flexibility index (Phi) is 4.88. The lowest BCUT2D eigenvalue weighted by Gasteiger charge is -2.37. The fourth-order valence-electron chi connectivity index (χ4n) is 3.32. The molecule has 0 spiro atoms. The minimum absolute atomic E-state index is 0.0428. The highest BCUT2D eigenvalue weighted by Gasteiger charge is 2.36. The first-order valence-corrected chi connectivity index (χ1v) is 8.45. The van der Waals surface area contributed by atoms with Gasteiger partial charge in [-0.25, -0.2) is 13.6 Å². The molecule has 1 aromatic rings. The van der Waals surface area contributed by atoms with E-state index in [4.69, 9.17) is 5.73 Å². The second-order valence-electron chi connectivity index (χ2n) is 6.75. The lowest BCUT2D eigenvalue weighted by molar-refractivity contribution is -0.119. The van der Waals surface area contributed by atoms with Gasteiger partial charge >= 0.3 is 6.03 Å². The van der Waals surface area contributed by atoms with Crippen molar-refractivity contribution in [1.82, 2.24) is 16.0 Å². The molecule has 1 fully saturated rings. The summed E-state index contributed by atoms with van der Waals surface area (Å²) in [5, 5.41) is 18.2. The molecule has 0 radical (unpaired) electrons. The Morgan fingerprint density at radius 2 is 1.93 bits per heavy atom. The Morgan fingerprint density at radius 1 is 1.26 bits per heavy atom. The van der Waals surface area contributed by atoms with E-state index in [1.165, 1.54) is 6.07 Å². The van der Waals surface area contributed by atoms with Crippen LogP contribution >= 0.6 is 0 Å². The van der Waals surface area contributed by atoms with Gasteiger partial charge in [-0.15, -0.1) is 0 Å². The molecule has 0 saturated heterocycles. The number of benzene rings is 1. The summed E-state index contributed by atoms with van der Waals surface area (Å²) >= 11 is 0. The Labute approximate surface area is 154 Å². The van der Waals surface area contributed by atoms with E-state index >= 15 is 0 Å². The van der Waals surface area contributed by atoms with Gasteiger partial charge in [-0.2, -0.15) is 0 Å². The van der Waals surface area contributed by atoms with Gasteiger partial charge in [0.2, 0.25) is 0 Å². The fraction of sp³-hybridized carbons (Fsp3) is 0.333. The van der Waals surface area contributed by atoms with E-state index in [0.29, 0.717) is 18.4 Å². The van der Waals surface area contributed by atoms with Crippen LogP contribution in [0.15, 0.2) is 41.9 Å². The Balaban J connectivity index is 1.65. The molecule has 3 rings (SSSR count). The first kappa shape index (κ1) is 18.8. The van der Waals surface area contributed by atoms with Crippen LogP contribution in [0.1, 0.15) is 31.2 Å². The van der Waals surface area contributed by atoms with Gasteiger partial charge in [0.25, 0.3) is 5.91 Å². The second kappa shape index (κ2) is 6.99. The number of nitrogens with one attached hydrogen (secondary N) is 3. The number of hydrogen-bond donors (Lipinski definition) is 5. The minimum atomic E-state index is -1.29. The van der Waals surface area contributed by atoms with Crippen molar-refractivity contribution in [3.8, 4) is 0 Å². The molecule has 6 N–H and O–H groups in total. The summed E-state index contributed by atoms with van der Waals surface area (Å²) in [6, 6.07) is 2.48. The maximum absolute atomic E-state index is 13.5. The van der Waals surface area contributed by atoms with E-state index in [9.17, 15) is 23.5 Å². The van der Waals surface area contributed by atoms with Crippen LogP contribution < -0.4 is 21.7 Å². The Bertz CT molecular complexity index is 845. The largest absolute Gasteiger partial charge is 0.395 e. The third-order valence-corrected chi connectivity index (χ3v) is 4.93. The normalized spacial score (nSPS) is 25.7. The lowest BCUT2D eigenvalue weighted by atomic mass is 9.77. The number of urea groups is 1. The highest BCUT2D eigenvalue weighted by molar-refractivity contribution is 6.00. The monoisotopic (exact) mass is 378 g/mol. The maximum Gasteiger partial charge on any atom is 0.323 e. The van der Waals surface area contributed by atoms with Gasteiger partial charge in [0.1, 0.15) is 5.70 Å². The van der Waals surface area contributed by atoms with Crippen molar-refractivity contribution in [1.29, 1.82) is 0 Å². The Morgan fingerprint density at radius 3 is 2.56 bits per heavy atom. The zero-order chi connectivity index (χ0) is 19.8. The van der Waals surface area contributed by atoms with Crippen LogP contribution in [-0.4, -0.2) is 23.1 Å². The number of aliphatic hydroxyl groups is 1. The predicted octanol–water partition coefficient (Wildman–Crippen LogP) is 1.21. The van der Waals surface area contributed by atoms with Crippen molar-refractivity contribution in [2.45, 2.75) is 37.3 Å². The van der Waals surface area contributed by atoms with E-state index in [1.54, 1.807) is 0 Å². The molecule has 2 aliphatic rings. The average molecular weight is 378 g/mol. The van der Waals surface area contributed by atoms with Crippen LogP contribution in [0.3, 0.4) is 0 Å². The number of carbonyl (C=O) groups is 2. The number of hydrogen-bond acceptors (Lipinski definition) is 4. The van der Waals surface area contributed by atoms with Crippen molar-refractivity contribution in [3.05, 3.63) is 59.1 Å². The summed E-state index contributed by atoms with van der Waals surface area (Å²) in [4.78, 5) is 23.9. The fourth-order valence-corrected chi connectivity index (χ4v) is 3.32. The van der Waals surface area contributed by atoms with Crippen molar-refractivity contribution in [2.24, 2.45) is 5.73 Å². The molecule has 0 unspecified atom stereocenters. The van der Waals surface area contributed by atoms with Crippen molar-refractivity contribution in [3.63, 3.8) is 0 Å². The number of carbonyl (C=O) groups excluding carboxylic acids is 2. The summed E-state index contributed by atoms with van der Waals surface area (Å²) in [6.07, 6.45) is 1.36. The molecular formula is C18H20F2N4O3. The molecular weight excluding hydrogens is 358 g/mol. The first-order chi connectivity index (χ1) is 12.7. The molecule has 1 aliphatic heterocycles. The number of amides is 3. The molecule has 1 aromatic carbocycles. The quantitative estimate of drug-likeness (QED) is 0.543. The van der Waals surface area contributed by atoms with E-state index in [0.717, 1.165) is 12.1 Å². The molecule has 0 atom stereocenters. The van der Waals surface area contributed by atoms with E-state index in [-0.39, 0.29) is 36.0 Å². The summed E-state index contributed by atoms with van der Waals surface area (Å²) in [5.41, 5.74) is 4.89. The number of halogens is 2. The molecule has 1 aliphatic carbocycles. The summed E-state index contributed by atoms with van der Waals surface area (Å²) in [7, 11) is 0. The van der Waals surface area contributed by atoms with Crippen molar-refractivity contribution < 1.29 is 23.5 Å². The molecule has 1 heterocycles. The number of nitrogens with two attached hydrogens (primary N) is 1. The third kappa shape index (κ3) is 3.77. The van der Waals surface area contributed by atoms with Gasteiger partial charge in [0.15, 0.2) is 11.6 Å².